The van der Waals surface area contributed by atoms with Gasteiger partial charge in [-0.1, -0.05) is 18.9 Å². The number of pyridine rings is 1. The lowest BCUT2D eigenvalue weighted by molar-refractivity contribution is -0.104. The number of thiophene rings is 1. The maximum absolute atomic E-state index is 9.67. The van der Waals surface area contributed by atoms with E-state index < -0.39 is 0 Å². The second-order valence-electron chi connectivity index (χ2n) is 7.85. The van der Waals surface area contributed by atoms with Gasteiger partial charge in [-0.15, -0.1) is 11.3 Å². The molecule has 3 heterocycles. The summed E-state index contributed by atoms with van der Waals surface area (Å²) >= 11 is 1.80. The highest BCUT2D eigenvalue weighted by Gasteiger charge is 2.48. The molecule has 1 spiro atoms. The van der Waals surface area contributed by atoms with E-state index in [1.54, 1.807) is 23.6 Å². The van der Waals surface area contributed by atoms with Crippen LogP contribution in [-0.4, -0.2) is 28.8 Å². The lowest BCUT2D eigenvalue weighted by Gasteiger charge is -2.46. The molecule has 0 radical (unpaired) electrons. The fraction of sp³-hybridized carbons (Fsp3) is 0.571. The summed E-state index contributed by atoms with van der Waals surface area (Å²) in [4.78, 5) is 6.00. The minimum Gasteiger partial charge on any atom is -0.506 e. The van der Waals surface area contributed by atoms with Gasteiger partial charge in [-0.3, -0.25) is 4.98 Å². The quantitative estimate of drug-likeness (QED) is 0.739. The van der Waals surface area contributed by atoms with Crippen molar-refractivity contribution in [1.29, 1.82) is 0 Å². The maximum atomic E-state index is 9.67. The van der Waals surface area contributed by atoms with E-state index >= 15 is 0 Å². The maximum Gasteiger partial charge on any atom is 0.133 e. The molecule has 0 aromatic carbocycles. The van der Waals surface area contributed by atoms with E-state index in [9.17, 15) is 5.11 Å². The largest absolute Gasteiger partial charge is 0.506 e. The number of hydrogen-bond donors (Lipinski definition) is 2. The third-order valence-corrected chi connectivity index (χ3v) is 6.99. The van der Waals surface area contributed by atoms with Crippen molar-refractivity contribution in [3.05, 3.63) is 46.4 Å². The van der Waals surface area contributed by atoms with Crippen LogP contribution in [0, 0.1) is 0 Å². The van der Waals surface area contributed by atoms with Crippen LogP contribution in [0.15, 0.2) is 35.8 Å². The topological polar surface area (TPSA) is 54.4 Å². The number of hydrogen-bond acceptors (Lipinski definition) is 5. The lowest BCUT2D eigenvalue weighted by atomic mass is 9.68. The van der Waals surface area contributed by atoms with E-state index in [1.807, 2.05) is 6.07 Å². The van der Waals surface area contributed by atoms with Gasteiger partial charge in [0.05, 0.1) is 11.8 Å². The summed E-state index contributed by atoms with van der Waals surface area (Å²) < 4.78 is 6.30. The molecule has 5 heteroatoms. The molecule has 2 aromatic heterocycles. The molecule has 2 aromatic rings. The number of ether oxygens (including phenoxy) is 1. The average Bonchev–Trinajstić information content (AvgIpc) is 3.32. The molecule has 4 rings (SSSR count). The zero-order valence-electron chi connectivity index (χ0n) is 15.2. The first-order valence-electron chi connectivity index (χ1n) is 9.72. The number of rotatable bonds is 6. The fourth-order valence-electron chi connectivity index (χ4n) is 4.77. The highest BCUT2D eigenvalue weighted by atomic mass is 32.1. The van der Waals surface area contributed by atoms with Crippen molar-refractivity contribution in [2.45, 2.75) is 62.5 Å². The van der Waals surface area contributed by atoms with Gasteiger partial charge in [-0.2, -0.15) is 0 Å². The zero-order chi connectivity index (χ0) is 17.9. The first-order chi connectivity index (χ1) is 12.7. The van der Waals surface area contributed by atoms with Gasteiger partial charge < -0.3 is 15.2 Å². The predicted molar refractivity (Wildman–Crippen MR) is 105 cm³/mol. The van der Waals surface area contributed by atoms with Crippen LogP contribution in [0.5, 0.6) is 5.75 Å². The van der Waals surface area contributed by atoms with Gasteiger partial charge >= 0.3 is 0 Å². The number of aromatic nitrogens is 1. The SMILES string of the molecule is Oc1ccc(C2(CCNCc3cccs3)CCOC3(CCCC3)C2)nc1. The summed E-state index contributed by atoms with van der Waals surface area (Å²) in [5.74, 6) is 0.238. The van der Waals surface area contributed by atoms with Crippen LogP contribution in [0.25, 0.3) is 0 Å². The van der Waals surface area contributed by atoms with Crippen molar-refractivity contribution >= 4 is 11.3 Å². The van der Waals surface area contributed by atoms with Crippen molar-refractivity contribution in [1.82, 2.24) is 10.3 Å². The third-order valence-electron chi connectivity index (χ3n) is 6.12. The Bertz CT molecular complexity index is 695. The van der Waals surface area contributed by atoms with Crippen LogP contribution in [0.3, 0.4) is 0 Å². The molecule has 1 saturated carbocycles. The second kappa shape index (κ2) is 7.67. The summed E-state index contributed by atoms with van der Waals surface area (Å²) in [5.41, 5.74) is 1.20. The first-order valence-corrected chi connectivity index (χ1v) is 10.6. The smallest absolute Gasteiger partial charge is 0.133 e. The Morgan fingerprint density at radius 1 is 1.19 bits per heavy atom. The summed E-state index contributed by atoms with van der Waals surface area (Å²) in [7, 11) is 0. The minimum absolute atomic E-state index is 0.0404. The Balaban J connectivity index is 1.50. The minimum atomic E-state index is 0.0404. The van der Waals surface area contributed by atoms with Crippen LogP contribution in [-0.2, 0) is 16.7 Å². The highest BCUT2D eigenvalue weighted by Crippen LogP contribution is 2.49. The Labute approximate surface area is 159 Å². The van der Waals surface area contributed by atoms with Gasteiger partial charge in [-0.25, -0.2) is 0 Å². The molecule has 1 aliphatic carbocycles. The third kappa shape index (κ3) is 3.80. The molecule has 140 valence electrons. The molecule has 0 amide bonds. The molecule has 1 aliphatic heterocycles. The Kier molecular flexibility index (Phi) is 5.30. The molecule has 2 fully saturated rings. The first kappa shape index (κ1) is 18.0. The monoisotopic (exact) mass is 372 g/mol. The van der Waals surface area contributed by atoms with Crippen LogP contribution >= 0.6 is 11.3 Å². The zero-order valence-corrected chi connectivity index (χ0v) is 16.1. The van der Waals surface area contributed by atoms with Crippen molar-refractivity contribution in [2.75, 3.05) is 13.2 Å². The van der Waals surface area contributed by atoms with Crippen LogP contribution in [0.1, 0.15) is 55.5 Å². The summed E-state index contributed by atoms with van der Waals surface area (Å²) in [6.07, 6.45) is 9.61. The number of nitrogens with zero attached hydrogens (tertiary/aromatic N) is 1. The molecular weight excluding hydrogens is 344 g/mol. The van der Waals surface area contributed by atoms with E-state index in [-0.39, 0.29) is 16.8 Å². The van der Waals surface area contributed by atoms with E-state index in [2.05, 4.69) is 27.8 Å². The van der Waals surface area contributed by atoms with Crippen molar-refractivity contribution < 1.29 is 9.84 Å². The van der Waals surface area contributed by atoms with E-state index in [4.69, 9.17) is 4.74 Å². The van der Waals surface area contributed by atoms with Gasteiger partial charge in [0.2, 0.25) is 0 Å². The van der Waals surface area contributed by atoms with Crippen molar-refractivity contribution in [3.63, 3.8) is 0 Å². The lowest BCUT2D eigenvalue weighted by Crippen LogP contribution is -2.47. The highest BCUT2D eigenvalue weighted by molar-refractivity contribution is 7.09. The molecule has 4 nitrogen and oxygen atoms in total. The van der Waals surface area contributed by atoms with Crippen LogP contribution < -0.4 is 5.32 Å². The second-order valence-corrected chi connectivity index (χ2v) is 8.89. The fourth-order valence-corrected chi connectivity index (χ4v) is 5.45. The van der Waals surface area contributed by atoms with E-state index in [0.717, 1.165) is 44.7 Å². The van der Waals surface area contributed by atoms with Crippen molar-refractivity contribution in [3.8, 4) is 5.75 Å². The molecule has 2 aliphatic rings. The summed E-state index contributed by atoms with van der Waals surface area (Å²) in [6.45, 7) is 2.71. The molecule has 1 unspecified atom stereocenters. The van der Waals surface area contributed by atoms with Gasteiger partial charge in [0, 0.05) is 29.1 Å². The molecule has 2 N–H and O–H groups in total. The van der Waals surface area contributed by atoms with Gasteiger partial charge in [0.1, 0.15) is 5.75 Å². The van der Waals surface area contributed by atoms with Gasteiger partial charge in [0.15, 0.2) is 0 Å². The van der Waals surface area contributed by atoms with Crippen molar-refractivity contribution in [2.24, 2.45) is 0 Å². The summed E-state index contributed by atoms with van der Waals surface area (Å²) in [6, 6.07) is 8.07. The molecule has 1 atom stereocenters. The Morgan fingerprint density at radius 2 is 2.08 bits per heavy atom. The Morgan fingerprint density at radius 3 is 2.81 bits per heavy atom. The molecule has 26 heavy (non-hydrogen) atoms. The van der Waals surface area contributed by atoms with Gasteiger partial charge in [0.25, 0.3) is 0 Å². The normalized spacial score (nSPS) is 24.9. The predicted octanol–water partition coefficient (Wildman–Crippen LogP) is 4.39. The molecule has 0 bridgehead atoms. The van der Waals surface area contributed by atoms with Crippen LogP contribution in [0.2, 0.25) is 0 Å². The number of aromatic hydroxyl groups is 1. The average molecular weight is 373 g/mol. The van der Waals surface area contributed by atoms with Gasteiger partial charge in [-0.05, 0) is 62.2 Å². The number of nitrogens with one attached hydrogen (secondary N) is 1. The summed E-state index contributed by atoms with van der Waals surface area (Å²) in [5, 5.41) is 15.4. The molecule has 1 saturated heterocycles. The van der Waals surface area contributed by atoms with E-state index in [1.165, 1.54) is 30.6 Å². The standard InChI is InChI=1S/C21H28N2O2S/c24-17-5-6-19(23-14-17)20(9-11-22-15-18-4-3-13-26-18)10-12-25-21(16-20)7-1-2-8-21/h3-6,13-14,22,24H,1-2,7-12,15-16H2. The molecular formula is C21H28N2O2S. The Hall–Kier alpha value is -1.43. The van der Waals surface area contributed by atoms with E-state index in [0.29, 0.717) is 0 Å². The van der Waals surface area contributed by atoms with Crippen LogP contribution in [0.4, 0.5) is 0 Å².